The molecule has 5 heteroatoms. The lowest BCUT2D eigenvalue weighted by Gasteiger charge is -2.10. The summed E-state index contributed by atoms with van der Waals surface area (Å²) in [6, 6.07) is 7.79. The number of alkyl halides is 1. The molecule has 0 saturated heterocycles. The van der Waals surface area contributed by atoms with E-state index in [-0.39, 0.29) is 0 Å². The second-order valence-electron chi connectivity index (χ2n) is 3.40. The lowest BCUT2D eigenvalue weighted by molar-refractivity contribution is 0.0593. The van der Waals surface area contributed by atoms with Gasteiger partial charge in [0.1, 0.15) is 4.60 Å². The quantitative estimate of drug-likeness (QED) is 0.467. The lowest BCUT2D eigenvalue weighted by atomic mass is 10.1. The molecule has 0 aliphatic carbocycles. The van der Waals surface area contributed by atoms with Crippen LogP contribution in [0.3, 0.4) is 0 Å². The Hall–Kier alpha value is -0.940. The molecule has 0 spiro atoms. The number of hydrogen-bond donors (Lipinski definition) is 0. The van der Waals surface area contributed by atoms with E-state index in [0.29, 0.717) is 15.6 Å². The fourth-order valence-corrected chi connectivity index (χ4v) is 2.77. The molecule has 3 nitrogen and oxygen atoms in total. The standard InChI is InChI=1S/C12H9Br2NO2/c1-17-12(16)10-9(6-13)7-4-2-3-5-8(7)11(14)15-10/h2-5H,6H2,1H3. The van der Waals surface area contributed by atoms with Crippen LogP contribution in [0.25, 0.3) is 10.8 Å². The Morgan fingerprint density at radius 2 is 2.00 bits per heavy atom. The molecular weight excluding hydrogens is 350 g/mol. The number of carbonyl (C=O) groups is 1. The van der Waals surface area contributed by atoms with Gasteiger partial charge in [0.15, 0.2) is 5.69 Å². The highest BCUT2D eigenvalue weighted by Crippen LogP contribution is 2.29. The van der Waals surface area contributed by atoms with Crippen molar-refractivity contribution in [3.8, 4) is 0 Å². The van der Waals surface area contributed by atoms with Crippen LogP contribution in [-0.2, 0) is 10.1 Å². The first-order chi connectivity index (χ1) is 8.19. The van der Waals surface area contributed by atoms with E-state index >= 15 is 0 Å². The van der Waals surface area contributed by atoms with Gasteiger partial charge in [-0.2, -0.15) is 0 Å². The van der Waals surface area contributed by atoms with Crippen molar-refractivity contribution in [3.63, 3.8) is 0 Å². The number of methoxy groups -OCH3 is 1. The zero-order valence-corrected chi connectivity index (χ0v) is 12.2. The van der Waals surface area contributed by atoms with Crippen molar-refractivity contribution in [2.24, 2.45) is 0 Å². The van der Waals surface area contributed by atoms with Crippen LogP contribution in [-0.4, -0.2) is 18.1 Å². The van der Waals surface area contributed by atoms with Crippen LogP contribution in [0.2, 0.25) is 0 Å². The number of carbonyl (C=O) groups excluding carboxylic acids is 1. The number of rotatable bonds is 2. The summed E-state index contributed by atoms with van der Waals surface area (Å²) in [5, 5.41) is 2.53. The Labute approximate surface area is 115 Å². The number of benzene rings is 1. The second-order valence-corrected chi connectivity index (χ2v) is 4.71. The second kappa shape index (κ2) is 5.14. The fraction of sp³-hybridized carbons (Fsp3) is 0.167. The molecule has 1 aromatic heterocycles. The SMILES string of the molecule is COC(=O)c1nc(Br)c2ccccc2c1CBr. The molecule has 0 unspecified atom stereocenters. The molecule has 0 N–H and O–H groups in total. The molecule has 0 radical (unpaired) electrons. The summed E-state index contributed by atoms with van der Waals surface area (Å²) >= 11 is 6.76. The zero-order valence-electron chi connectivity index (χ0n) is 9.04. The van der Waals surface area contributed by atoms with Crippen LogP contribution < -0.4 is 0 Å². The lowest BCUT2D eigenvalue weighted by Crippen LogP contribution is -2.09. The van der Waals surface area contributed by atoms with Gasteiger partial charge in [-0.1, -0.05) is 40.2 Å². The van der Waals surface area contributed by atoms with E-state index in [0.717, 1.165) is 16.3 Å². The minimum absolute atomic E-state index is 0.343. The highest BCUT2D eigenvalue weighted by Gasteiger charge is 2.17. The van der Waals surface area contributed by atoms with Gasteiger partial charge in [-0.3, -0.25) is 0 Å². The number of ether oxygens (including phenoxy) is 1. The van der Waals surface area contributed by atoms with Crippen molar-refractivity contribution in [1.82, 2.24) is 4.98 Å². The van der Waals surface area contributed by atoms with E-state index in [1.807, 2.05) is 24.3 Å². The maximum atomic E-state index is 11.7. The largest absolute Gasteiger partial charge is 0.464 e. The Bertz CT molecular complexity index is 584. The Balaban J connectivity index is 2.82. The van der Waals surface area contributed by atoms with E-state index in [4.69, 9.17) is 4.74 Å². The molecule has 1 aromatic carbocycles. The van der Waals surface area contributed by atoms with Crippen molar-refractivity contribution in [2.75, 3.05) is 7.11 Å². The number of hydrogen-bond acceptors (Lipinski definition) is 3. The number of nitrogens with zero attached hydrogens (tertiary/aromatic N) is 1. The summed E-state index contributed by atoms with van der Waals surface area (Å²) in [4.78, 5) is 15.9. The van der Waals surface area contributed by atoms with Gasteiger partial charge in [-0.05, 0) is 21.3 Å². The van der Waals surface area contributed by atoms with E-state index < -0.39 is 5.97 Å². The minimum Gasteiger partial charge on any atom is -0.464 e. The molecular formula is C12H9Br2NO2. The van der Waals surface area contributed by atoms with Crippen LogP contribution in [0.15, 0.2) is 28.9 Å². The fourth-order valence-electron chi connectivity index (χ4n) is 1.68. The number of aromatic nitrogens is 1. The predicted octanol–water partition coefficient (Wildman–Crippen LogP) is 3.68. The van der Waals surface area contributed by atoms with E-state index in [1.165, 1.54) is 7.11 Å². The van der Waals surface area contributed by atoms with Gasteiger partial charge in [0.25, 0.3) is 0 Å². The average molecular weight is 359 g/mol. The number of halogens is 2. The Kier molecular flexibility index (Phi) is 3.79. The van der Waals surface area contributed by atoms with Crippen molar-refractivity contribution < 1.29 is 9.53 Å². The van der Waals surface area contributed by atoms with Crippen molar-refractivity contribution in [3.05, 3.63) is 40.1 Å². The van der Waals surface area contributed by atoms with Gasteiger partial charge in [0, 0.05) is 16.3 Å². The maximum absolute atomic E-state index is 11.7. The van der Waals surface area contributed by atoms with Gasteiger partial charge < -0.3 is 4.74 Å². The maximum Gasteiger partial charge on any atom is 0.357 e. The van der Waals surface area contributed by atoms with Gasteiger partial charge in [0.05, 0.1) is 7.11 Å². The van der Waals surface area contributed by atoms with Crippen LogP contribution in [0.1, 0.15) is 16.1 Å². The minimum atomic E-state index is -0.425. The summed E-state index contributed by atoms with van der Waals surface area (Å²) in [6.45, 7) is 0. The van der Waals surface area contributed by atoms with Crippen LogP contribution in [0, 0.1) is 0 Å². The first kappa shape index (κ1) is 12.5. The van der Waals surface area contributed by atoms with Gasteiger partial charge in [-0.25, -0.2) is 9.78 Å². The smallest absolute Gasteiger partial charge is 0.357 e. The van der Waals surface area contributed by atoms with Crippen molar-refractivity contribution in [1.29, 1.82) is 0 Å². The van der Waals surface area contributed by atoms with Gasteiger partial charge in [0.2, 0.25) is 0 Å². The predicted molar refractivity (Wildman–Crippen MR) is 73.4 cm³/mol. The number of fused-ring (bicyclic) bond motifs is 1. The molecule has 1 heterocycles. The van der Waals surface area contributed by atoms with Gasteiger partial charge >= 0.3 is 5.97 Å². The Morgan fingerprint density at radius 1 is 1.35 bits per heavy atom. The molecule has 0 bridgehead atoms. The summed E-state index contributed by atoms with van der Waals surface area (Å²) in [5.74, 6) is -0.425. The molecule has 88 valence electrons. The summed E-state index contributed by atoms with van der Waals surface area (Å²) < 4.78 is 5.39. The first-order valence-electron chi connectivity index (χ1n) is 4.90. The van der Waals surface area contributed by atoms with E-state index in [9.17, 15) is 4.79 Å². The van der Waals surface area contributed by atoms with E-state index in [1.54, 1.807) is 0 Å². The first-order valence-corrected chi connectivity index (χ1v) is 6.82. The third-order valence-corrected chi connectivity index (χ3v) is 3.65. The van der Waals surface area contributed by atoms with Crippen molar-refractivity contribution >= 4 is 48.6 Å². The molecule has 2 aromatic rings. The third-order valence-electron chi connectivity index (χ3n) is 2.48. The summed E-state index contributed by atoms with van der Waals surface area (Å²) in [5.41, 5.74) is 1.19. The molecule has 0 amide bonds. The zero-order chi connectivity index (χ0) is 12.4. The summed E-state index contributed by atoms with van der Waals surface area (Å²) in [7, 11) is 1.35. The monoisotopic (exact) mass is 357 g/mol. The molecule has 0 aliphatic heterocycles. The highest BCUT2D eigenvalue weighted by atomic mass is 79.9. The third kappa shape index (κ3) is 2.21. The molecule has 17 heavy (non-hydrogen) atoms. The molecule has 0 fully saturated rings. The van der Waals surface area contributed by atoms with Crippen LogP contribution >= 0.6 is 31.9 Å². The molecule has 0 atom stereocenters. The van der Waals surface area contributed by atoms with E-state index in [2.05, 4.69) is 36.8 Å². The van der Waals surface area contributed by atoms with Crippen LogP contribution in [0.5, 0.6) is 0 Å². The topological polar surface area (TPSA) is 39.2 Å². The van der Waals surface area contributed by atoms with Crippen molar-refractivity contribution in [2.45, 2.75) is 5.33 Å². The van der Waals surface area contributed by atoms with Crippen LogP contribution in [0.4, 0.5) is 0 Å². The average Bonchev–Trinajstić information content (AvgIpc) is 2.38. The number of esters is 1. The summed E-state index contributed by atoms with van der Waals surface area (Å²) in [6.07, 6.45) is 0. The molecule has 0 saturated carbocycles. The molecule has 2 rings (SSSR count). The molecule has 0 aliphatic rings. The highest BCUT2D eigenvalue weighted by molar-refractivity contribution is 9.10. The van der Waals surface area contributed by atoms with Gasteiger partial charge in [-0.15, -0.1) is 0 Å². The normalized spacial score (nSPS) is 10.5. The Morgan fingerprint density at radius 3 is 2.59 bits per heavy atom. The number of pyridine rings is 1.